The summed E-state index contributed by atoms with van der Waals surface area (Å²) in [4.78, 5) is 11.9. The Balaban J connectivity index is 3.05. The molecular formula is C15H22ClNO4. The van der Waals surface area contributed by atoms with E-state index in [2.05, 4.69) is 0 Å². The summed E-state index contributed by atoms with van der Waals surface area (Å²) < 4.78 is 16.0. The summed E-state index contributed by atoms with van der Waals surface area (Å²) in [5.74, 6) is 0.386. The molecule has 0 heterocycles. The number of rotatable bonds is 8. The maximum absolute atomic E-state index is 11.9. The Kier molecular flexibility index (Phi) is 7.32. The van der Waals surface area contributed by atoms with Crippen molar-refractivity contribution in [1.82, 2.24) is 0 Å². The number of carbonyl (C=O) groups is 1. The van der Waals surface area contributed by atoms with Crippen molar-refractivity contribution in [2.24, 2.45) is 5.73 Å². The molecule has 0 bridgehead atoms. The van der Waals surface area contributed by atoms with E-state index in [1.807, 2.05) is 6.92 Å². The monoisotopic (exact) mass is 315 g/mol. The van der Waals surface area contributed by atoms with Crippen LogP contribution in [0.15, 0.2) is 12.1 Å². The molecule has 0 spiro atoms. The first-order valence-corrected chi connectivity index (χ1v) is 7.34. The second kappa shape index (κ2) is 8.74. The summed E-state index contributed by atoms with van der Waals surface area (Å²) in [5.41, 5.74) is 6.43. The molecule has 1 atom stereocenters. The van der Waals surface area contributed by atoms with Crippen molar-refractivity contribution >= 4 is 17.6 Å². The van der Waals surface area contributed by atoms with Gasteiger partial charge in [-0.05, 0) is 31.0 Å². The number of ether oxygens (including phenoxy) is 3. The van der Waals surface area contributed by atoms with Crippen LogP contribution in [-0.4, -0.2) is 25.8 Å². The average Bonchev–Trinajstić information content (AvgIpc) is 2.48. The largest absolute Gasteiger partial charge is 0.493 e. The molecule has 6 heteroatoms. The predicted octanol–water partition coefficient (Wildman–Crippen LogP) is 2.92. The Morgan fingerprint density at radius 3 is 2.62 bits per heavy atom. The van der Waals surface area contributed by atoms with Crippen LogP contribution in [0.2, 0.25) is 5.02 Å². The fraction of sp³-hybridized carbons (Fsp3) is 0.533. The lowest BCUT2D eigenvalue weighted by atomic mass is 10.2. The Hall–Kier alpha value is -1.46. The van der Waals surface area contributed by atoms with E-state index in [1.54, 1.807) is 19.1 Å². The zero-order valence-corrected chi connectivity index (χ0v) is 13.4. The van der Waals surface area contributed by atoms with Crippen LogP contribution in [0.3, 0.4) is 0 Å². The number of esters is 1. The molecule has 1 rings (SSSR count). The number of benzene rings is 1. The fourth-order valence-electron chi connectivity index (χ4n) is 1.87. The maximum Gasteiger partial charge on any atom is 0.347 e. The predicted molar refractivity (Wildman–Crippen MR) is 81.9 cm³/mol. The molecule has 0 aliphatic rings. The van der Waals surface area contributed by atoms with Gasteiger partial charge in [-0.25, -0.2) is 4.79 Å². The maximum atomic E-state index is 11.9. The van der Waals surface area contributed by atoms with Gasteiger partial charge in [0.05, 0.1) is 18.7 Å². The highest BCUT2D eigenvalue weighted by molar-refractivity contribution is 6.32. The molecule has 118 valence electrons. The Morgan fingerprint density at radius 1 is 1.38 bits per heavy atom. The molecule has 0 amide bonds. The van der Waals surface area contributed by atoms with Crippen molar-refractivity contribution < 1.29 is 19.0 Å². The third-order valence-corrected chi connectivity index (χ3v) is 3.17. The van der Waals surface area contributed by atoms with Crippen molar-refractivity contribution in [3.05, 3.63) is 22.7 Å². The van der Waals surface area contributed by atoms with E-state index < -0.39 is 12.1 Å². The minimum absolute atomic E-state index is 0.305. The van der Waals surface area contributed by atoms with Crippen LogP contribution in [0, 0.1) is 0 Å². The number of methoxy groups -OCH3 is 1. The van der Waals surface area contributed by atoms with Gasteiger partial charge >= 0.3 is 5.97 Å². The number of nitrogens with two attached hydrogens (primary N) is 1. The first-order chi connectivity index (χ1) is 10.1. The van der Waals surface area contributed by atoms with E-state index in [9.17, 15) is 4.79 Å². The van der Waals surface area contributed by atoms with Gasteiger partial charge in [-0.15, -0.1) is 0 Å². The average molecular weight is 316 g/mol. The molecule has 0 aliphatic heterocycles. The lowest BCUT2D eigenvalue weighted by Gasteiger charge is -2.20. The van der Waals surface area contributed by atoms with Crippen LogP contribution in [-0.2, 0) is 16.1 Å². The van der Waals surface area contributed by atoms with Crippen LogP contribution in [0.1, 0.15) is 32.3 Å². The standard InChI is InChI=1S/C15H22ClNO4/c1-4-6-12(15(18)20-5-2)21-14-11(16)7-10(9-17)8-13(14)19-3/h7-8,12H,4-6,9,17H2,1-3H3. The van der Waals surface area contributed by atoms with Gasteiger partial charge in [0.1, 0.15) is 0 Å². The van der Waals surface area contributed by atoms with Crippen molar-refractivity contribution in [2.45, 2.75) is 39.3 Å². The zero-order valence-electron chi connectivity index (χ0n) is 12.6. The highest BCUT2D eigenvalue weighted by Crippen LogP contribution is 2.37. The van der Waals surface area contributed by atoms with E-state index >= 15 is 0 Å². The molecule has 0 aliphatic carbocycles. The van der Waals surface area contributed by atoms with Crippen LogP contribution in [0.4, 0.5) is 0 Å². The fourth-order valence-corrected chi connectivity index (χ4v) is 2.15. The number of halogens is 1. The van der Waals surface area contributed by atoms with Gasteiger partial charge in [0, 0.05) is 6.54 Å². The zero-order chi connectivity index (χ0) is 15.8. The summed E-state index contributed by atoms with van der Waals surface area (Å²) >= 11 is 6.21. The van der Waals surface area contributed by atoms with Crippen LogP contribution in [0.25, 0.3) is 0 Å². The minimum atomic E-state index is -0.704. The second-order valence-corrected chi connectivity index (χ2v) is 4.87. The Labute approximate surface area is 130 Å². The Morgan fingerprint density at radius 2 is 2.10 bits per heavy atom. The Bertz CT molecular complexity index is 479. The van der Waals surface area contributed by atoms with Gasteiger partial charge in [0.2, 0.25) is 0 Å². The summed E-state index contributed by atoms with van der Waals surface area (Å²) in [6.45, 7) is 4.36. The van der Waals surface area contributed by atoms with Crippen LogP contribution < -0.4 is 15.2 Å². The molecule has 1 unspecified atom stereocenters. The molecule has 1 aromatic rings. The quantitative estimate of drug-likeness (QED) is 0.747. The molecule has 0 fully saturated rings. The number of hydrogen-bond acceptors (Lipinski definition) is 5. The summed E-state index contributed by atoms with van der Waals surface area (Å²) in [6.07, 6.45) is 0.617. The van der Waals surface area contributed by atoms with E-state index in [1.165, 1.54) is 7.11 Å². The van der Waals surface area contributed by atoms with Crippen LogP contribution in [0.5, 0.6) is 11.5 Å². The normalized spacial score (nSPS) is 11.9. The second-order valence-electron chi connectivity index (χ2n) is 4.46. The SMILES string of the molecule is CCCC(Oc1c(Cl)cc(CN)cc1OC)C(=O)OCC. The van der Waals surface area contributed by atoms with E-state index in [-0.39, 0.29) is 0 Å². The number of hydrogen-bond donors (Lipinski definition) is 1. The smallest absolute Gasteiger partial charge is 0.347 e. The third kappa shape index (κ3) is 4.79. The van der Waals surface area contributed by atoms with Crippen LogP contribution >= 0.6 is 11.6 Å². The lowest BCUT2D eigenvalue weighted by molar-refractivity contribution is -0.151. The summed E-state index contributed by atoms with van der Waals surface area (Å²) in [7, 11) is 1.51. The molecular weight excluding hydrogens is 294 g/mol. The van der Waals surface area contributed by atoms with Gasteiger partial charge in [0.25, 0.3) is 0 Å². The van der Waals surface area contributed by atoms with E-state index in [0.29, 0.717) is 36.1 Å². The molecule has 5 nitrogen and oxygen atoms in total. The summed E-state index contributed by atoms with van der Waals surface area (Å²) in [5, 5.41) is 0.361. The first kappa shape index (κ1) is 17.6. The molecule has 1 aromatic carbocycles. The van der Waals surface area contributed by atoms with Crippen molar-refractivity contribution in [3.63, 3.8) is 0 Å². The van der Waals surface area contributed by atoms with Crippen molar-refractivity contribution in [1.29, 1.82) is 0 Å². The molecule has 21 heavy (non-hydrogen) atoms. The van der Waals surface area contributed by atoms with Crippen molar-refractivity contribution in [3.8, 4) is 11.5 Å². The van der Waals surface area contributed by atoms with Gasteiger partial charge in [-0.2, -0.15) is 0 Å². The molecule has 0 saturated heterocycles. The topological polar surface area (TPSA) is 70.8 Å². The van der Waals surface area contributed by atoms with Crippen molar-refractivity contribution in [2.75, 3.05) is 13.7 Å². The minimum Gasteiger partial charge on any atom is -0.493 e. The molecule has 0 saturated carbocycles. The number of carbonyl (C=O) groups excluding carboxylic acids is 1. The lowest BCUT2D eigenvalue weighted by Crippen LogP contribution is -2.29. The van der Waals surface area contributed by atoms with Gasteiger partial charge < -0.3 is 19.9 Å². The molecule has 0 aromatic heterocycles. The molecule has 2 N–H and O–H groups in total. The van der Waals surface area contributed by atoms with Gasteiger partial charge in [0.15, 0.2) is 17.6 Å². The third-order valence-electron chi connectivity index (χ3n) is 2.89. The van der Waals surface area contributed by atoms with E-state index in [0.717, 1.165) is 12.0 Å². The molecule has 0 radical (unpaired) electrons. The highest BCUT2D eigenvalue weighted by atomic mass is 35.5. The summed E-state index contributed by atoms with van der Waals surface area (Å²) in [6, 6.07) is 3.45. The first-order valence-electron chi connectivity index (χ1n) is 6.97. The van der Waals surface area contributed by atoms with Gasteiger partial charge in [-0.1, -0.05) is 24.9 Å². The van der Waals surface area contributed by atoms with Gasteiger partial charge in [-0.3, -0.25) is 0 Å². The van der Waals surface area contributed by atoms with E-state index in [4.69, 9.17) is 31.5 Å². The highest BCUT2D eigenvalue weighted by Gasteiger charge is 2.24.